The van der Waals surface area contributed by atoms with Gasteiger partial charge in [-0.3, -0.25) is 14.4 Å². The minimum atomic E-state index is -0.821. The minimum absolute atomic E-state index is 0.112. The maximum Gasteiger partial charge on any atom is 0.306 e. The Morgan fingerprint density at radius 1 is 0.296 bits per heavy atom. The summed E-state index contributed by atoms with van der Waals surface area (Å²) in [6, 6.07) is 0. The van der Waals surface area contributed by atoms with Crippen LogP contribution >= 0.6 is 0 Å². The number of ether oxygens (including phenoxy) is 3. The van der Waals surface area contributed by atoms with Crippen LogP contribution in [0.25, 0.3) is 0 Å². The van der Waals surface area contributed by atoms with E-state index in [0.29, 0.717) is 19.3 Å². The normalized spacial score (nSPS) is 13.0. The molecule has 402 valence electrons. The molecule has 0 bridgehead atoms. The lowest BCUT2D eigenvalue weighted by atomic mass is 10.1. The lowest BCUT2D eigenvalue weighted by molar-refractivity contribution is -0.167. The van der Waals surface area contributed by atoms with Gasteiger partial charge in [-0.05, 0) is 128 Å². The van der Waals surface area contributed by atoms with E-state index in [1.165, 1.54) is 89.9 Å². The summed E-state index contributed by atoms with van der Waals surface area (Å²) in [7, 11) is 0. The predicted octanol–water partition coefficient (Wildman–Crippen LogP) is 19.6. The molecule has 0 spiro atoms. The summed E-state index contributed by atoms with van der Waals surface area (Å²) < 4.78 is 16.8. The van der Waals surface area contributed by atoms with Crippen LogP contribution in [0, 0.1) is 0 Å². The Morgan fingerprint density at radius 2 is 0.563 bits per heavy atom. The number of unbranched alkanes of at least 4 members (excludes halogenated alkanes) is 20. The van der Waals surface area contributed by atoms with E-state index in [0.717, 1.165) is 116 Å². The van der Waals surface area contributed by atoms with Crippen molar-refractivity contribution in [3.8, 4) is 0 Å². The molecule has 1 atom stereocenters. The third kappa shape index (κ3) is 56.6. The highest BCUT2D eigenvalue weighted by molar-refractivity contribution is 5.71. The van der Waals surface area contributed by atoms with E-state index in [4.69, 9.17) is 14.2 Å². The van der Waals surface area contributed by atoms with Crippen LogP contribution in [0.15, 0.2) is 122 Å². The summed E-state index contributed by atoms with van der Waals surface area (Å²) in [5.41, 5.74) is 0. The average Bonchev–Trinajstić information content (AvgIpc) is 3.37. The Labute approximate surface area is 437 Å². The molecule has 0 N–H and O–H groups in total. The van der Waals surface area contributed by atoms with Gasteiger partial charge in [0.25, 0.3) is 0 Å². The highest BCUT2D eigenvalue weighted by Crippen LogP contribution is 2.13. The molecule has 0 amide bonds. The van der Waals surface area contributed by atoms with E-state index < -0.39 is 6.10 Å². The highest BCUT2D eigenvalue weighted by Gasteiger charge is 2.19. The lowest BCUT2D eigenvalue weighted by Crippen LogP contribution is -2.30. The fraction of sp³-hybridized carbons (Fsp3) is 0.646. The fourth-order valence-electron chi connectivity index (χ4n) is 7.57. The molecule has 0 radical (unpaired) electrons. The van der Waals surface area contributed by atoms with Crippen molar-refractivity contribution in [2.45, 2.75) is 258 Å². The molecule has 0 fully saturated rings. The summed E-state index contributed by atoms with van der Waals surface area (Å²) >= 11 is 0. The van der Waals surface area contributed by atoms with Crippen LogP contribution in [-0.4, -0.2) is 37.2 Å². The Hall–Kier alpha value is -4.19. The third-order valence-electron chi connectivity index (χ3n) is 11.9. The van der Waals surface area contributed by atoms with Crippen molar-refractivity contribution in [1.82, 2.24) is 0 Å². The maximum atomic E-state index is 12.8. The second-order valence-corrected chi connectivity index (χ2v) is 18.8. The van der Waals surface area contributed by atoms with E-state index in [2.05, 4.69) is 142 Å². The monoisotopic (exact) mass is 983 g/mol. The second kappa shape index (κ2) is 58.4. The van der Waals surface area contributed by atoms with E-state index in [9.17, 15) is 14.4 Å². The smallest absolute Gasteiger partial charge is 0.306 e. The molecule has 6 heteroatoms. The molecule has 0 aliphatic heterocycles. The summed E-state index contributed by atoms with van der Waals surface area (Å²) in [6.45, 7) is 6.41. The van der Waals surface area contributed by atoms with E-state index in [1.807, 2.05) is 0 Å². The van der Waals surface area contributed by atoms with Gasteiger partial charge in [0.1, 0.15) is 13.2 Å². The number of hydrogen-bond acceptors (Lipinski definition) is 6. The number of hydrogen-bond donors (Lipinski definition) is 0. The van der Waals surface area contributed by atoms with Gasteiger partial charge in [-0.15, -0.1) is 0 Å². The van der Waals surface area contributed by atoms with Gasteiger partial charge in [-0.2, -0.15) is 0 Å². The number of carbonyl (C=O) groups is 3. The molecule has 0 aromatic heterocycles. The van der Waals surface area contributed by atoms with Gasteiger partial charge in [0, 0.05) is 19.3 Å². The first-order valence-electron chi connectivity index (χ1n) is 29.0. The molecule has 0 aliphatic carbocycles. The largest absolute Gasteiger partial charge is 0.462 e. The highest BCUT2D eigenvalue weighted by atomic mass is 16.6. The van der Waals surface area contributed by atoms with Crippen molar-refractivity contribution < 1.29 is 28.6 Å². The maximum absolute atomic E-state index is 12.8. The standard InChI is InChI=1S/C65H106O6/c1-4-7-10-13-16-19-22-25-28-31-32-35-37-40-43-46-49-52-55-58-64(67)70-61-62(71-65(68)59-56-53-50-47-44-41-38-34-30-27-24-21-18-15-12-9-6-3)60-69-63(66)57-54-51-48-45-42-39-36-33-29-26-23-20-17-14-11-8-5-2/h9,12,16-21,25-30,32,35,38,41,47,50,62H,4-8,10-11,13-15,22-24,31,33-34,36-37,39-40,42-46,48-49,51-61H2,1-3H3/b12-9-,19-16-,20-17-,21-18-,28-25-,29-26-,30-27-,35-32-,41-38-,50-47-/t62-/m1/s1. The number of allylic oxidation sites excluding steroid dienone is 20. The third-order valence-corrected chi connectivity index (χ3v) is 11.9. The SMILES string of the molecule is CC/C=C\C/C=C\C/C=C\C/C=C\C/C=C\CCCC(=O)O[C@@H](COC(=O)CCCCCCCC/C=C\C/C=C\C/C=C\CCCCC)COC(=O)CCCCCCCCC/C=C\C/C=C\CCCCC. The van der Waals surface area contributed by atoms with Crippen LogP contribution in [0.5, 0.6) is 0 Å². The Bertz CT molecular complexity index is 1500. The van der Waals surface area contributed by atoms with Gasteiger partial charge < -0.3 is 14.2 Å². The van der Waals surface area contributed by atoms with E-state index >= 15 is 0 Å². The van der Waals surface area contributed by atoms with Gasteiger partial charge in [-0.25, -0.2) is 0 Å². The van der Waals surface area contributed by atoms with Gasteiger partial charge in [0.2, 0.25) is 0 Å². The van der Waals surface area contributed by atoms with Crippen LogP contribution in [0.2, 0.25) is 0 Å². The van der Waals surface area contributed by atoms with Crippen molar-refractivity contribution in [1.29, 1.82) is 0 Å². The second-order valence-electron chi connectivity index (χ2n) is 18.8. The molecular weight excluding hydrogens is 877 g/mol. The van der Waals surface area contributed by atoms with Gasteiger partial charge in [0.05, 0.1) is 0 Å². The number of rotatable bonds is 51. The van der Waals surface area contributed by atoms with Crippen LogP contribution < -0.4 is 0 Å². The van der Waals surface area contributed by atoms with Gasteiger partial charge >= 0.3 is 17.9 Å². The van der Waals surface area contributed by atoms with Crippen LogP contribution in [-0.2, 0) is 28.6 Å². The lowest BCUT2D eigenvalue weighted by Gasteiger charge is -2.18. The number of carbonyl (C=O) groups excluding carboxylic acids is 3. The van der Waals surface area contributed by atoms with Crippen LogP contribution in [0.4, 0.5) is 0 Å². The Kier molecular flexibility index (Phi) is 54.9. The first kappa shape index (κ1) is 66.8. The first-order valence-corrected chi connectivity index (χ1v) is 29.0. The molecule has 0 aromatic carbocycles. The number of esters is 3. The molecule has 0 aliphatic rings. The molecule has 0 saturated carbocycles. The van der Waals surface area contributed by atoms with Gasteiger partial charge in [-0.1, -0.05) is 226 Å². The topological polar surface area (TPSA) is 78.9 Å². The summed E-state index contributed by atoms with van der Waals surface area (Å²) in [5.74, 6) is -0.992. The Morgan fingerprint density at radius 3 is 0.901 bits per heavy atom. The van der Waals surface area contributed by atoms with Gasteiger partial charge in [0.15, 0.2) is 6.10 Å². The van der Waals surface area contributed by atoms with Crippen molar-refractivity contribution in [2.24, 2.45) is 0 Å². The molecule has 0 unspecified atom stereocenters. The summed E-state index contributed by atoms with van der Waals surface area (Å²) in [4.78, 5) is 38.2. The zero-order chi connectivity index (χ0) is 51.4. The predicted molar refractivity (Wildman–Crippen MR) is 306 cm³/mol. The van der Waals surface area contributed by atoms with Crippen LogP contribution in [0.3, 0.4) is 0 Å². The molecule has 71 heavy (non-hydrogen) atoms. The van der Waals surface area contributed by atoms with Crippen molar-refractivity contribution in [3.63, 3.8) is 0 Å². The molecule has 6 nitrogen and oxygen atoms in total. The molecule has 0 aromatic rings. The molecular formula is C65H106O6. The van der Waals surface area contributed by atoms with Crippen molar-refractivity contribution >= 4 is 17.9 Å². The zero-order valence-electron chi connectivity index (χ0n) is 45.9. The summed E-state index contributed by atoms with van der Waals surface area (Å²) in [6.07, 6.45) is 80.4. The fourth-order valence-corrected chi connectivity index (χ4v) is 7.57. The van der Waals surface area contributed by atoms with E-state index in [1.54, 1.807) is 0 Å². The van der Waals surface area contributed by atoms with Crippen LogP contribution in [0.1, 0.15) is 252 Å². The Balaban J connectivity index is 4.52. The molecule has 0 heterocycles. The quantitative estimate of drug-likeness (QED) is 0.0261. The molecule has 0 rings (SSSR count). The van der Waals surface area contributed by atoms with Crippen molar-refractivity contribution in [2.75, 3.05) is 13.2 Å². The zero-order valence-corrected chi connectivity index (χ0v) is 45.9. The van der Waals surface area contributed by atoms with Crippen molar-refractivity contribution in [3.05, 3.63) is 122 Å². The van der Waals surface area contributed by atoms with E-state index in [-0.39, 0.29) is 37.5 Å². The average molecular weight is 984 g/mol. The molecule has 0 saturated heterocycles. The first-order chi connectivity index (χ1) is 35.0. The summed E-state index contributed by atoms with van der Waals surface area (Å²) in [5, 5.41) is 0. The minimum Gasteiger partial charge on any atom is -0.462 e.